The van der Waals surface area contributed by atoms with Gasteiger partial charge in [0, 0.05) is 53.8 Å². The van der Waals surface area contributed by atoms with Crippen LogP contribution in [0.2, 0.25) is 5.02 Å². The molecule has 8 nitrogen and oxygen atoms in total. The molecule has 1 aromatic heterocycles. The summed E-state index contributed by atoms with van der Waals surface area (Å²) in [5, 5.41) is 4.19. The minimum absolute atomic E-state index is 0.261. The number of rotatable bonds is 4. The van der Waals surface area contributed by atoms with Crippen LogP contribution in [0.3, 0.4) is 0 Å². The van der Waals surface area contributed by atoms with E-state index < -0.39 is 0 Å². The number of nitrogen functional groups attached to an aromatic ring is 1. The normalized spacial score (nSPS) is 16.2. The summed E-state index contributed by atoms with van der Waals surface area (Å²) < 4.78 is 10.7. The zero-order valence-corrected chi connectivity index (χ0v) is 19.4. The highest BCUT2D eigenvalue weighted by Gasteiger charge is 2.35. The first-order chi connectivity index (χ1) is 16.0. The van der Waals surface area contributed by atoms with Crippen molar-refractivity contribution >= 4 is 40.2 Å². The van der Waals surface area contributed by atoms with Gasteiger partial charge >= 0.3 is 0 Å². The van der Waals surface area contributed by atoms with Gasteiger partial charge in [0.05, 0.1) is 19.7 Å². The number of hydrogen-bond donors (Lipinski definition) is 1. The second-order valence-electron chi connectivity index (χ2n) is 8.41. The number of amides is 1. The number of fused-ring (bicyclic) bond motifs is 1. The Morgan fingerprint density at radius 2 is 1.73 bits per heavy atom. The Bertz CT molecular complexity index is 1320. The molecule has 2 aromatic rings. The van der Waals surface area contributed by atoms with Gasteiger partial charge in [0.25, 0.3) is 0 Å². The third-order valence-electron chi connectivity index (χ3n) is 6.30. The van der Waals surface area contributed by atoms with Crippen molar-refractivity contribution in [1.29, 1.82) is 0 Å². The summed E-state index contributed by atoms with van der Waals surface area (Å²) in [4.78, 5) is 25.3. The van der Waals surface area contributed by atoms with Gasteiger partial charge in [-0.3, -0.25) is 4.79 Å². The van der Waals surface area contributed by atoms with Crippen molar-refractivity contribution in [2.75, 3.05) is 51.0 Å². The van der Waals surface area contributed by atoms with Crippen molar-refractivity contribution in [3.63, 3.8) is 0 Å². The van der Waals surface area contributed by atoms with Gasteiger partial charge in [-0.1, -0.05) is 23.7 Å². The highest BCUT2D eigenvalue weighted by Crippen LogP contribution is 2.34. The zero-order chi connectivity index (χ0) is 23.1. The Balaban J connectivity index is 0.000000274. The van der Waals surface area contributed by atoms with Gasteiger partial charge in [-0.2, -0.15) is 4.98 Å². The van der Waals surface area contributed by atoms with E-state index in [1.807, 2.05) is 23.1 Å². The maximum absolute atomic E-state index is 12.2. The van der Waals surface area contributed by atoms with Crippen LogP contribution < -0.4 is 20.1 Å². The van der Waals surface area contributed by atoms with Crippen LogP contribution in [0.1, 0.15) is 12.8 Å². The summed E-state index contributed by atoms with van der Waals surface area (Å²) in [6.07, 6.45) is 2.07. The highest BCUT2D eigenvalue weighted by molar-refractivity contribution is 6.31. The smallest absolute Gasteiger partial charge is 0.228 e. The minimum atomic E-state index is 0.261. The maximum Gasteiger partial charge on any atom is 0.228 e. The fourth-order valence-electron chi connectivity index (χ4n) is 4.07. The van der Waals surface area contributed by atoms with Gasteiger partial charge in [0.1, 0.15) is 5.82 Å². The molecule has 1 saturated carbocycles. The SMILES string of the molecule is COc1cc2nc(N3CCN(C(=O)C4CC4)CC3)nc(N)c2cc1OC.Clc1cc2ccc1=2. The van der Waals surface area contributed by atoms with Crippen LogP contribution in [0.25, 0.3) is 10.9 Å². The van der Waals surface area contributed by atoms with Gasteiger partial charge in [-0.05, 0) is 30.2 Å². The average molecular weight is 468 g/mol. The van der Waals surface area contributed by atoms with Crippen LogP contribution in [0.15, 0.2) is 30.3 Å². The monoisotopic (exact) mass is 467 g/mol. The lowest BCUT2D eigenvalue weighted by Crippen LogP contribution is -2.49. The van der Waals surface area contributed by atoms with Crippen molar-refractivity contribution in [2.24, 2.45) is 5.92 Å². The van der Waals surface area contributed by atoms with E-state index in [-0.39, 0.29) is 5.92 Å². The first-order valence-electron chi connectivity index (χ1n) is 11.0. The lowest BCUT2D eigenvalue weighted by molar-refractivity contribution is -0.132. The molecule has 33 heavy (non-hydrogen) atoms. The molecular formula is C24H26ClN5O3. The van der Waals surface area contributed by atoms with E-state index in [4.69, 9.17) is 26.8 Å². The average Bonchev–Trinajstić information content (AvgIpc) is 3.67. The molecule has 0 unspecified atom stereocenters. The van der Waals surface area contributed by atoms with Crippen molar-refractivity contribution in [3.8, 4) is 11.5 Å². The van der Waals surface area contributed by atoms with Gasteiger partial charge in [0.15, 0.2) is 11.5 Å². The number of piperazine rings is 1. The highest BCUT2D eigenvalue weighted by atomic mass is 35.5. The first-order valence-corrected chi connectivity index (χ1v) is 11.4. The lowest BCUT2D eigenvalue weighted by atomic mass is 10.1. The molecule has 2 fully saturated rings. The molecule has 6 rings (SSSR count). The summed E-state index contributed by atoms with van der Waals surface area (Å²) in [5.41, 5.74) is 6.87. The minimum Gasteiger partial charge on any atom is -0.493 e. The second kappa shape index (κ2) is 8.59. The fraction of sp³-hybridized carbons (Fsp3) is 0.375. The number of ether oxygens (including phenoxy) is 2. The number of methoxy groups -OCH3 is 2. The van der Waals surface area contributed by atoms with E-state index in [9.17, 15) is 4.79 Å². The molecule has 0 bridgehead atoms. The summed E-state index contributed by atoms with van der Waals surface area (Å²) in [5.74, 6) is 2.74. The van der Waals surface area contributed by atoms with E-state index >= 15 is 0 Å². The van der Waals surface area contributed by atoms with E-state index in [1.165, 1.54) is 10.4 Å². The molecule has 9 heteroatoms. The molecular weight excluding hydrogens is 442 g/mol. The van der Waals surface area contributed by atoms with Crippen LogP contribution in [-0.4, -0.2) is 61.2 Å². The Labute approximate surface area is 196 Å². The van der Waals surface area contributed by atoms with Gasteiger partial charge in [-0.25, -0.2) is 4.98 Å². The van der Waals surface area contributed by atoms with E-state index in [2.05, 4.69) is 20.9 Å². The Morgan fingerprint density at radius 3 is 2.21 bits per heavy atom. The molecule has 3 aliphatic carbocycles. The number of benzene rings is 2. The summed E-state index contributed by atoms with van der Waals surface area (Å²) in [6, 6.07) is 9.65. The molecule has 0 atom stereocenters. The number of carbonyl (C=O) groups excluding carboxylic acids is 1. The maximum atomic E-state index is 12.2. The Hall–Kier alpha value is -3.26. The van der Waals surface area contributed by atoms with Crippen molar-refractivity contribution < 1.29 is 14.3 Å². The third kappa shape index (κ3) is 4.11. The number of anilines is 2. The number of nitrogens with two attached hydrogens (primary N) is 1. The lowest BCUT2D eigenvalue weighted by Gasteiger charge is -2.35. The van der Waals surface area contributed by atoms with Crippen molar-refractivity contribution in [3.05, 3.63) is 45.8 Å². The van der Waals surface area contributed by atoms with Gasteiger partial charge < -0.3 is 25.0 Å². The number of aromatic nitrogens is 2. The molecule has 1 aliphatic heterocycles. The second-order valence-corrected chi connectivity index (χ2v) is 8.82. The summed E-state index contributed by atoms with van der Waals surface area (Å²) >= 11 is 5.60. The number of halogens is 1. The molecule has 0 spiro atoms. The number of carbonyl (C=O) groups is 1. The van der Waals surface area contributed by atoms with Crippen LogP contribution in [0.4, 0.5) is 11.8 Å². The Kier molecular flexibility index (Phi) is 5.62. The van der Waals surface area contributed by atoms with Crippen molar-refractivity contribution in [2.45, 2.75) is 12.8 Å². The van der Waals surface area contributed by atoms with Crippen LogP contribution >= 0.6 is 11.6 Å². The zero-order valence-electron chi connectivity index (χ0n) is 18.7. The molecule has 2 N–H and O–H groups in total. The molecule has 1 amide bonds. The number of hydrogen-bond acceptors (Lipinski definition) is 7. The molecule has 1 saturated heterocycles. The van der Waals surface area contributed by atoms with Crippen molar-refractivity contribution in [1.82, 2.24) is 14.9 Å². The summed E-state index contributed by atoms with van der Waals surface area (Å²) in [6.45, 7) is 2.80. The van der Waals surface area contributed by atoms with E-state index in [0.29, 0.717) is 60.9 Å². The van der Waals surface area contributed by atoms with Crippen LogP contribution in [0.5, 0.6) is 11.5 Å². The topological polar surface area (TPSA) is 93.8 Å². The van der Waals surface area contributed by atoms with E-state index in [1.54, 1.807) is 20.3 Å². The van der Waals surface area contributed by atoms with Gasteiger partial charge in [-0.15, -0.1) is 0 Å². The van der Waals surface area contributed by atoms with E-state index in [0.717, 1.165) is 23.3 Å². The first kappa shape index (κ1) is 21.6. The quantitative estimate of drug-likeness (QED) is 0.492. The number of nitrogens with zero attached hydrogens (tertiary/aromatic N) is 4. The molecule has 172 valence electrons. The Morgan fingerprint density at radius 1 is 1.03 bits per heavy atom. The van der Waals surface area contributed by atoms with Crippen LogP contribution in [-0.2, 0) is 4.79 Å². The fourth-order valence-corrected chi connectivity index (χ4v) is 4.36. The molecule has 4 aliphatic rings. The molecule has 2 heterocycles. The third-order valence-corrected chi connectivity index (χ3v) is 6.61. The standard InChI is InChI=1S/C18H23N5O3.C6H3Cl/c1-25-14-9-12-13(10-15(14)26-2)20-18(21-16(12)19)23-7-5-22(6-8-23)17(24)11-3-4-11;7-6-3-4-1-2-5(4)6/h9-11H,3-8H2,1-2H3,(H2,19,20,21);1-3H. The predicted octanol–water partition coefficient (Wildman–Crippen LogP) is 3.23. The predicted molar refractivity (Wildman–Crippen MR) is 128 cm³/mol. The van der Waals surface area contributed by atoms with Crippen LogP contribution in [0, 0.1) is 16.4 Å². The largest absolute Gasteiger partial charge is 0.493 e. The van der Waals surface area contributed by atoms with Gasteiger partial charge in [0.2, 0.25) is 11.9 Å². The molecule has 0 radical (unpaired) electrons. The summed E-state index contributed by atoms with van der Waals surface area (Å²) in [7, 11) is 3.17. The molecule has 1 aromatic carbocycles.